The largest absolute Gasteiger partial charge is 0.492 e. The quantitative estimate of drug-likeness (QED) is 0.700. The molecule has 0 radical (unpaired) electrons. The van der Waals surface area contributed by atoms with Gasteiger partial charge in [-0.05, 0) is 30.7 Å². The van der Waals surface area contributed by atoms with Gasteiger partial charge >= 0.3 is 0 Å². The highest BCUT2D eigenvalue weighted by molar-refractivity contribution is 7.14. The third-order valence-electron chi connectivity index (χ3n) is 3.71. The van der Waals surface area contributed by atoms with E-state index in [4.69, 9.17) is 10.5 Å². The summed E-state index contributed by atoms with van der Waals surface area (Å²) in [5, 5.41) is 5.32. The number of thiazole rings is 1. The van der Waals surface area contributed by atoms with Crippen LogP contribution in [0.5, 0.6) is 5.75 Å². The van der Waals surface area contributed by atoms with E-state index in [9.17, 15) is 9.59 Å². The van der Waals surface area contributed by atoms with E-state index < -0.39 is 0 Å². The van der Waals surface area contributed by atoms with E-state index in [1.807, 2.05) is 5.38 Å². The number of benzene rings is 1. The van der Waals surface area contributed by atoms with Crippen molar-refractivity contribution in [2.24, 2.45) is 5.73 Å². The molecule has 7 nitrogen and oxygen atoms in total. The van der Waals surface area contributed by atoms with Crippen LogP contribution in [0, 0.1) is 0 Å². The molecule has 1 aliphatic rings. The molecule has 3 rings (SSSR count). The first kappa shape index (κ1) is 23.2. The fraction of sp³-hybridized carbons (Fsp3) is 0.353. The summed E-state index contributed by atoms with van der Waals surface area (Å²) in [5.74, 6) is 0.658. The lowest BCUT2D eigenvalue weighted by atomic mass is 10.2. The number of ether oxygens (including phenoxy) is 1. The SMILES string of the molecule is Cl.Cl.NCCOc1ccc(NC(=O)Cc2csc(N3CCCC3=O)n2)cc1. The van der Waals surface area contributed by atoms with Gasteiger partial charge in [0.05, 0.1) is 12.1 Å². The zero-order valence-electron chi connectivity index (χ0n) is 14.6. The summed E-state index contributed by atoms with van der Waals surface area (Å²) in [6.07, 6.45) is 1.60. The molecule has 2 heterocycles. The molecule has 2 amide bonds. The number of nitrogens with zero attached hydrogens (tertiary/aromatic N) is 2. The average molecular weight is 433 g/mol. The van der Waals surface area contributed by atoms with Crippen LogP contribution in [0.25, 0.3) is 0 Å². The zero-order chi connectivity index (χ0) is 17.6. The normalized spacial score (nSPS) is 12.9. The molecule has 1 aromatic carbocycles. The minimum Gasteiger partial charge on any atom is -0.492 e. The van der Waals surface area contributed by atoms with Gasteiger partial charge in [-0.2, -0.15) is 0 Å². The Morgan fingerprint density at radius 1 is 1.30 bits per heavy atom. The smallest absolute Gasteiger partial charge is 0.230 e. The second-order valence-corrected chi connectivity index (χ2v) is 6.49. The van der Waals surface area contributed by atoms with Gasteiger partial charge in [0.2, 0.25) is 11.8 Å². The maximum atomic E-state index is 12.2. The summed E-state index contributed by atoms with van der Waals surface area (Å²) in [5.41, 5.74) is 6.74. The van der Waals surface area contributed by atoms with Crippen LogP contribution in [-0.2, 0) is 16.0 Å². The van der Waals surface area contributed by atoms with Crippen molar-refractivity contribution in [3.63, 3.8) is 0 Å². The molecule has 148 valence electrons. The van der Waals surface area contributed by atoms with Gasteiger partial charge in [-0.1, -0.05) is 0 Å². The van der Waals surface area contributed by atoms with Crippen molar-refractivity contribution >= 4 is 58.8 Å². The Hall–Kier alpha value is -1.87. The Morgan fingerprint density at radius 2 is 2.04 bits per heavy atom. The summed E-state index contributed by atoms with van der Waals surface area (Å²) < 4.78 is 5.39. The summed E-state index contributed by atoms with van der Waals surface area (Å²) in [7, 11) is 0. The first-order valence-electron chi connectivity index (χ1n) is 8.13. The van der Waals surface area contributed by atoms with Crippen molar-refractivity contribution in [2.45, 2.75) is 19.3 Å². The molecule has 1 saturated heterocycles. The fourth-order valence-electron chi connectivity index (χ4n) is 2.53. The van der Waals surface area contributed by atoms with Gasteiger partial charge in [0.15, 0.2) is 5.13 Å². The van der Waals surface area contributed by atoms with E-state index in [1.54, 1.807) is 29.2 Å². The molecule has 0 atom stereocenters. The second-order valence-electron chi connectivity index (χ2n) is 5.66. The lowest BCUT2D eigenvalue weighted by Crippen LogP contribution is -2.23. The molecule has 1 aliphatic heterocycles. The third-order valence-corrected chi connectivity index (χ3v) is 4.62. The number of anilines is 2. The van der Waals surface area contributed by atoms with Crippen LogP contribution in [0.1, 0.15) is 18.5 Å². The van der Waals surface area contributed by atoms with E-state index in [-0.39, 0.29) is 43.0 Å². The topological polar surface area (TPSA) is 97.5 Å². The summed E-state index contributed by atoms with van der Waals surface area (Å²) in [6.45, 7) is 1.62. The van der Waals surface area contributed by atoms with Gasteiger partial charge in [0, 0.05) is 30.6 Å². The molecule has 0 saturated carbocycles. The summed E-state index contributed by atoms with van der Waals surface area (Å²) >= 11 is 1.40. The molecule has 0 unspecified atom stereocenters. The third kappa shape index (κ3) is 6.35. The van der Waals surface area contributed by atoms with Crippen LogP contribution in [-0.4, -0.2) is 36.5 Å². The van der Waals surface area contributed by atoms with Crippen LogP contribution in [0.3, 0.4) is 0 Å². The zero-order valence-corrected chi connectivity index (χ0v) is 17.0. The molecule has 0 aliphatic carbocycles. The van der Waals surface area contributed by atoms with Crippen LogP contribution in [0.4, 0.5) is 10.8 Å². The number of halogens is 2. The molecule has 3 N–H and O–H groups in total. The van der Waals surface area contributed by atoms with Gasteiger partial charge < -0.3 is 15.8 Å². The first-order chi connectivity index (χ1) is 12.2. The summed E-state index contributed by atoms with van der Waals surface area (Å²) in [4.78, 5) is 30.0. The Morgan fingerprint density at radius 3 is 2.67 bits per heavy atom. The van der Waals surface area contributed by atoms with Crippen LogP contribution < -0.4 is 20.7 Å². The second kappa shape index (κ2) is 11.1. The van der Waals surface area contributed by atoms with Gasteiger partial charge in [0.1, 0.15) is 12.4 Å². The molecule has 1 fully saturated rings. The van der Waals surface area contributed by atoms with E-state index >= 15 is 0 Å². The molecular formula is C17H22Cl2N4O3S. The fourth-order valence-corrected chi connectivity index (χ4v) is 3.40. The number of carbonyl (C=O) groups is 2. The predicted octanol–water partition coefficient (Wildman–Crippen LogP) is 2.63. The van der Waals surface area contributed by atoms with Crippen molar-refractivity contribution in [2.75, 3.05) is 29.9 Å². The molecule has 1 aromatic heterocycles. The van der Waals surface area contributed by atoms with Crippen LogP contribution in [0.2, 0.25) is 0 Å². The monoisotopic (exact) mass is 432 g/mol. The van der Waals surface area contributed by atoms with Gasteiger partial charge in [0.25, 0.3) is 0 Å². The van der Waals surface area contributed by atoms with E-state index in [0.717, 1.165) is 6.42 Å². The van der Waals surface area contributed by atoms with Gasteiger partial charge in [-0.15, -0.1) is 36.2 Å². The van der Waals surface area contributed by atoms with Crippen molar-refractivity contribution in [3.05, 3.63) is 35.3 Å². The highest BCUT2D eigenvalue weighted by Crippen LogP contribution is 2.25. The Balaban J connectivity index is 0.00000182. The predicted molar refractivity (Wildman–Crippen MR) is 112 cm³/mol. The molecular weight excluding hydrogens is 411 g/mol. The van der Waals surface area contributed by atoms with Crippen LogP contribution in [0.15, 0.2) is 29.6 Å². The Kier molecular flexibility index (Phi) is 9.51. The molecule has 0 bridgehead atoms. The number of nitrogens with two attached hydrogens (primary N) is 1. The molecule has 10 heteroatoms. The number of hydrogen-bond acceptors (Lipinski definition) is 6. The number of amides is 2. The Bertz CT molecular complexity index is 755. The standard InChI is InChI=1S/C17H20N4O3S.2ClH/c18-7-9-24-14-5-3-12(4-6-14)19-15(22)10-13-11-25-17(20-13)21-8-1-2-16(21)23;;/h3-6,11H,1-2,7-10,18H2,(H,19,22);2*1H. The van der Waals surface area contributed by atoms with E-state index in [2.05, 4.69) is 10.3 Å². The van der Waals surface area contributed by atoms with Crippen LogP contribution >= 0.6 is 36.2 Å². The number of nitrogens with one attached hydrogen (secondary N) is 1. The van der Waals surface area contributed by atoms with E-state index in [0.29, 0.717) is 48.4 Å². The highest BCUT2D eigenvalue weighted by Gasteiger charge is 2.24. The van der Waals surface area contributed by atoms with E-state index in [1.165, 1.54) is 11.3 Å². The number of carbonyl (C=O) groups excluding carboxylic acids is 2. The molecule has 0 spiro atoms. The Labute approximate surface area is 174 Å². The average Bonchev–Trinajstić information content (AvgIpc) is 3.22. The molecule has 2 aromatic rings. The minimum atomic E-state index is -0.153. The highest BCUT2D eigenvalue weighted by atomic mass is 35.5. The number of rotatable bonds is 7. The lowest BCUT2D eigenvalue weighted by molar-refractivity contribution is -0.117. The van der Waals surface area contributed by atoms with Crippen molar-refractivity contribution in [1.29, 1.82) is 0 Å². The minimum absolute atomic E-state index is 0. The first-order valence-corrected chi connectivity index (χ1v) is 9.01. The van der Waals surface area contributed by atoms with Crippen molar-refractivity contribution in [3.8, 4) is 5.75 Å². The van der Waals surface area contributed by atoms with Gasteiger partial charge in [-0.3, -0.25) is 14.5 Å². The van der Waals surface area contributed by atoms with Crippen molar-refractivity contribution < 1.29 is 14.3 Å². The van der Waals surface area contributed by atoms with Gasteiger partial charge in [-0.25, -0.2) is 4.98 Å². The lowest BCUT2D eigenvalue weighted by Gasteiger charge is -2.10. The maximum Gasteiger partial charge on any atom is 0.230 e. The number of hydrogen-bond donors (Lipinski definition) is 2. The molecule has 27 heavy (non-hydrogen) atoms. The summed E-state index contributed by atoms with van der Waals surface area (Å²) in [6, 6.07) is 7.12. The maximum absolute atomic E-state index is 12.2. The number of aromatic nitrogens is 1. The van der Waals surface area contributed by atoms with Crippen molar-refractivity contribution in [1.82, 2.24) is 4.98 Å².